The minimum Gasteiger partial charge on any atom is -0.340 e. The molecular weight excluding hydrogens is 298 g/mol. The van der Waals surface area contributed by atoms with Gasteiger partial charge in [-0.05, 0) is 29.8 Å². The molecule has 128 valence electrons. The van der Waals surface area contributed by atoms with Gasteiger partial charge in [-0.25, -0.2) is 0 Å². The van der Waals surface area contributed by atoms with Gasteiger partial charge in [-0.1, -0.05) is 42.5 Å². The van der Waals surface area contributed by atoms with Crippen molar-refractivity contribution in [3.05, 3.63) is 48.0 Å². The number of amides is 1. The summed E-state index contributed by atoms with van der Waals surface area (Å²) in [7, 11) is 2.11. The van der Waals surface area contributed by atoms with E-state index >= 15 is 0 Å². The first kappa shape index (κ1) is 16.9. The number of rotatable bonds is 6. The van der Waals surface area contributed by atoms with E-state index in [1.54, 1.807) is 0 Å². The molecule has 0 bridgehead atoms. The second kappa shape index (κ2) is 8.27. The molecule has 0 spiro atoms. The number of hydrogen-bond acceptors (Lipinski definition) is 3. The number of carbonyl (C=O) groups is 1. The smallest absolute Gasteiger partial charge is 0.223 e. The van der Waals surface area contributed by atoms with E-state index in [2.05, 4.69) is 59.7 Å². The van der Waals surface area contributed by atoms with Crippen LogP contribution in [0.25, 0.3) is 10.8 Å². The van der Waals surface area contributed by atoms with E-state index in [0.717, 1.165) is 45.7 Å². The first-order valence-electron chi connectivity index (χ1n) is 8.88. The Hall–Kier alpha value is -1.91. The van der Waals surface area contributed by atoms with Crippen molar-refractivity contribution in [1.29, 1.82) is 0 Å². The van der Waals surface area contributed by atoms with Gasteiger partial charge in [-0.3, -0.25) is 4.79 Å². The van der Waals surface area contributed by atoms with Gasteiger partial charge in [-0.15, -0.1) is 0 Å². The molecule has 2 aromatic rings. The fraction of sp³-hybridized carbons (Fsp3) is 0.450. The molecule has 1 aliphatic heterocycles. The first-order valence-corrected chi connectivity index (χ1v) is 8.88. The van der Waals surface area contributed by atoms with Crippen LogP contribution in [0.2, 0.25) is 0 Å². The van der Waals surface area contributed by atoms with Crippen molar-refractivity contribution in [2.75, 3.05) is 46.3 Å². The molecule has 2 aromatic carbocycles. The number of carbonyl (C=O) groups excluding carboxylic acids is 1. The maximum atomic E-state index is 12.2. The quantitative estimate of drug-likeness (QED) is 0.884. The van der Waals surface area contributed by atoms with Crippen molar-refractivity contribution in [3.8, 4) is 0 Å². The summed E-state index contributed by atoms with van der Waals surface area (Å²) in [5.74, 6) is 0.286. The summed E-state index contributed by atoms with van der Waals surface area (Å²) in [6.07, 6.45) is 1.63. The molecule has 1 saturated heterocycles. The molecule has 4 nitrogen and oxygen atoms in total. The van der Waals surface area contributed by atoms with Gasteiger partial charge >= 0.3 is 0 Å². The van der Waals surface area contributed by atoms with Crippen molar-refractivity contribution < 1.29 is 4.79 Å². The van der Waals surface area contributed by atoms with Crippen LogP contribution in [0, 0.1) is 0 Å². The van der Waals surface area contributed by atoms with Crippen LogP contribution in [0.1, 0.15) is 12.0 Å². The third kappa shape index (κ3) is 4.34. The normalized spacial score (nSPS) is 15.2. The Balaban J connectivity index is 1.48. The monoisotopic (exact) mass is 325 g/mol. The third-order valence-corrected chi connectivity index (χ3v) is 4.82. The molecule has 1 amide bonds. The van der Waals surface area contributed by atoms with Crippen LogP contribution in [0.5, 0.6) is 0 Å². The minimum absolute atomic E-state index is 0.286. The largest absolute Gasteiger partial charge is 0.340 e. The molecule has 4 heteroatoms. The van der Waals surface area contributed by atoms with Gasteiger partial charge in [-0.2, -0.15) is 0 Å². The van der Waals surface area contributed by atoms with Crippen LogP contribution in [-0.4, -0.2) is 62.0 Å². The molecule has 3 rings (SSSR count). The molecule has 0 unspecified atom stereocenters. The third-order valence-electron chi connectivity index (χ3n) is 4.82. The molecule has 0 atom stereocenters. The average Bonchev–Trinajstić information content (AvgIpc) is 2.65. The number of hydrogen-bond donors (Lipinski definition) is 1. The van der Waals surface area contributed by atoms with E-state index in [1.807, 2.05) is 4.90 Å². The van der Waals surface area contributed by atoms with Crippen molar-refractivity contribution in [2.24, 2.45) is 0 Å². The highest BCUT2D eigenvalue weighted by atomic mass is 16.2. The van der Waals surface area contributed by atoms with E-state index in [9.17, 15) is 4.79 Å². The number of likely N-dealkylation sites (N-methyl/N-ethyl adjacent to an activating group) is 1. The van der Waals surface area contributed by atoms with Gasteiger partial charge in [0.15, 0.2) is 0 Å². The van der Waals surface area contributed by atoms with Crippen molar-refractivity contribution in [2.45, 2.75) is 12.8 Å². The molecule has 1 heterocycles. The number of nitrogens with one attached hydrogen (secondary N) is 1. The van der Waals surface area contributed by atoms with Crippen LogP contribution < -0.4 is 5.32 Å². The Labute approximate surface area is 144 Å². The molecule has 0 aliphatic carbocycles. The topological polar surface area (TPSA) is 35.6 Å². The van der Waals surface area contributed by atoms with E-state index in [1.165, 1.54) is 16.3 Å². The van der Waals surface area contributed by atoms with Gasteiger partial charge in [0.25, 0.3) is 0 Å². The minimum atomic E-state index is 0.286. The summed E-state index contributed by atoms with van der Waals surface area (Å²) < 4.78 is 0. The summed E-state index contributed by atoms with van der Waals surface area (Å²) in [5, 5.41) is 5.92. The zero-order valence-corrected chi connectivity index (χ0v) is 14.5. The van der Waals surface area contributed by atoms with Crippen molar-refractivity contribution >= 4 is 16.7 Å². The van der Waals surface area contributed by atoms with E-state index in [0.29, 0.717) is 6.42 Å². The van der Waals surface area contributed by atoms with Gasteiger partial charge < -0.3 is 15.1 Å². The van der Waals surface area contributed by atoms with Crippen LogP contribution in [-0.2, 0) is 11.2 Å². The Morgan fingerprint density at radius 1 is 1.08 bits per heavy atom. The SMILES string of the molecule is CN(CCC(=O)N1CCNCC1)CCc1cccc2ccccc12. The number of piperazine rings is 1. The molecular formula is C20H27N3O. The standard InChI is InChI=1S/C20H27N3O/c1-22(14-10-20(24)23-15-11-21-12-16-23)13-9-18-7-4-6-17-5-2-3-8-19(17)18/h2-8,21H,9-16H2,1H3. The predicted molar refractivity (Wildman–Crippen MR) is 99.2 cm³/mol. The van der Waals surface area contributed by atoms with Gasteiger partial charge in [0, 0.05) is 45.7 Å². The number of fused-ring (bicyclic) bond motifs is 1. The van der Waals surface area contributed by atoms with Crippen molar-refractivity contribution in [3.63, 3.8) is 0 Å². The zero-order chi connectivity index (χ0) is 16.8. The van der Waals surface area contributed by atoms with Gasteiger partial charge in [0.1, 0.15) is 0 Å². The van der Waals surface area contributed by atoms with E-state index < -0.39 is 0 Å². The van der Waals surface area contributed by atoms with Crippen molar-refractivity contribution in [1.82, 2.24) is 15.1 Å². The Morgan fingerprint density at radius 3 is 2.67 bits per heavy atom. The Morgan fingerprint density at radius 2 is 1.83 bits per heavy atom. The molecule has 0 radical (unpaired) electrons. The van der Waals surface area contributed by atoms with Gasteiger partial charge in [0.05, 0.1) is 0 Å². The molecule has 1 fully saturated rings. The maximum Gasteiger partial charge on any atom is 0.223 e. The van der Waals surface area contributed by atoms with Crippen LogP contribution >= 0.6 is 0 Å². The molecule has 0 aromatic heterocycles. The number of nitrogens with zero attached hydrogens (tertiary/aromatic N) is 2. The van der Waals surface area contributed by atoms with Crippen LogP contribution in [0.4, 0.5) is 0 Å². The predicted octanol–water partition coefficient (Wildman–Crippen LogP) is 2.14. The van der Waals surface area contributed by atoms with E-state index in [4.69, 9.17) is 0 Å². The lowest BCUT2D eigenvalue weighted by Crippen LogP contribution is -2.47. The lowest BCUT2D eigenvalue weighted by Gasteiger charge is -2.28. The molecule has 0 saturated carbocycles. The summed E-state index contributed by atoms with van der Waals surface area (Å²) in [5.41, 5.74) is 1.38. The second-order valence-corrected chi connectivity index (χ2v) is 6.57. The second-order valence-electron chi connectivity index (χ2n) is 6.57. The van der Waals surface area contributed by atoms with Crippen LogP contribution in [0.15, 0.2) is 42.5 Å². The molecule has 1 aliphatic rings. The fourth-order valence-corrected chi connectivity index (χ4v) is 3.29. The summed E-state index contributed by atoms with van der Waals surface area (Å²) >= 11 is 0. The highest BCUT2D eigenvalue weighted by Gasteiger charge is 2.16. The Bertz CT molecular complexity index is 674. The lowest BCUT2D eigenvalue weighted by atomic mass is 10.0. The zero-order valence-electron chi connectivity index (χ0n) is 14.5. The number of benzene rings is 2. The lowest BCUT2D eigenvalue weighted by molar-refractivity contribution is -0.132. The maximum absolute atomic E-state index is 12.2. The summed E-state index contributed by atoms with van der Waals surface area (Å²) in [6, 6.07) is 15.0. The Kier molecular flexibility index (Phi) is 5.83. The average molecular weight is 325 g/mol. The molecule has 1 N–H and O–H groups in total. The fourth-order valence-electron chi connectivity index (χ4n) is 3.29. The molecule has 24 heavy (non-hydrogen) atoms. The summed E-state index contributed by atoms with van der Waals surface area (Å²) in [4.78, 5) is 16.5. The summed E-state index contributed by atoms with van der Waals surface area (Å²) in [6.45, 7) is 5.33. The van der Waals surface area contributed by atoms with Gasteiger partial charge in [0.2, 0.25) is 5.91 Å². The highest BCUT2D eigenvalue weighted by Crippen LogP contribution is 2.19. The first-order chi connectivity index (χ1) is 11.7. The highest BCUT2D eigenvalue weighted by molar-refractivity contribution is 5.85. The van der Waals surface area contributed by atoms with E-state index in [-0.39, 0.29) is 5.91 Å². The van der Waals surface area contributed by atoms with Crippen LogP contribution in [0.3, 0.4) is 0 Å².